The summed E-state index contributed by atoms with van der Waals surface area (Å²) in [5, 5.41) is 18.0. The molecule has 0 radical (unpaired) electrons. The predicted octanol–water partition coefficient (Wildman–Crippen LogP) is 4.11. The maximum absolute atomic E-state index is 13.7. The number of hydrogen-bond donors (Lipinski definition) is 1. The molecule has 2 aromatic heterocycles. The monoisotopic (exact) mass is 431 g/mol. The molecule has 0 atom stereocenters. The van der Waals surface area contributed by atoms with Crippen molar-refractivity contribution in [2.24, 2.45) is 0 Å². The van der Waals surface area contributed by atoms with Crippen LogP contribution in [0.25, 0.3) is 11.0 Å². The molecule has 1 aliphatic rings. The van der Waals surface area contributed by atoms with Gasteiger partial charge in [0, 0.05) is 23.2 Å². The number of alkyl halides is 2. The Kier molecular flexibility index (Phi) is 5.25. The van der Waals surface area contributed by atoms with E-state index in [9.17, 15) is 23.7 Å². The van der Waals surface area contributed by atoms with E-state index in [1.165, 1.54) is 36.1 Å². The van der Waals surface area contributed by atoms with Gasteiger partial charge in [-0.15, -0.1) is 0 Å². The first-order chi connectivity index (χ1) is 14.8. The lowest BCUT2D eigenvalue weighted by Crippen LogP contribution is -2.20. The second kappa shape index (κ2) is 7.89. The number of hydrogen-bond acceptors (Lipinski definition) is 6. The highest BCUT2D eigenvalue weighted by Crippen LogP contribution is 2.42. The van der Waals surface area contributed by atoms with Gasteiger partial charge in [-0.3, -0.25) is 14.9 Å². The number of anilines is 1. The van der Waals surface area contributed by atoms with Gasteiger partial charge >= 0.3 is 0 Å². The van der Waals surface area contributed by atoms with Crippen molar-refractivity contribution >= 4 is 28.3 Å². The number of nitrogens with one attached hydrogen (secondary N) is 1. The molecule has 4 rings (SSSR count). The number of benzene rings is 1. The van der Waals surface area contributed by atoms with E-state index in [1.54, 1.807) is 6.92 Å². The molecule has 1 N–H and O–H groups in total. The van der Waals surface area contributed by atoms with Gasteiger partial charge in [-0.05, 0) is 31.9 Å². The Hall–Kier alpha value is -3.63. The number of aryl methyl sites for hydroxylation is 1. The molecule has 162 valence electrons. The summed E-state index contributed by atoms with van der Waals surface area (Å²) in [6.45, 7) is 1.33. The largest absolute Gasteiger partial charge is 0.494 e. The van der Waals surface area contributed by atoms with E-state index in [-0.39, 0.29) is 46.2 Å². The molecule has 1 fully saturated rings. The number of rotatable bonds is 7. The maximum atomic E-state index is 13.7. The van der Waals surface area contributed by atoms with Crippen LogP contribution >= 0.6 is 0 Å². The van der Waals surface area contributed by atoms with Gasteiger partial charge in [0.05, 0.1) is 34.9 Å². The SMILES string of the molecule is COc1cc([N+](=O)[O-])ccc1NC(=O)Cn1nc(C)c2c(C(F)F)cc(C3CC3)nc21. The van der Waals surface area contributed by atoms with Crippen molar-refractivity contribution < 1.29 is 23.2 Å². The number of non-ortho nitro benzene ring substituents is 1. The zero-order valence-corrected chi connectivity index (χ0v) is 16.8. The van der Waals surface area contributed by atoms with E-state index in [1.807, 2.05) is 0 Å². The average Bonchev–Trinajstić information content (AvgIpc) is 3.53. The van der Waals surface area contributed by atoms with Crippen LogP contribution < -0.4 is 10.1 Å². The Labute approximate surface area is 175 Å². The van der Waals surface area contributed by atoms with Crippen LogP contribution in [0.2, 0.25) is 0 Å². The standard InChI is InChI=1S/C20H19F2N5O4/c1-10-18-13(19(21)22)8-15(11-3-4-11)24-20(18)26(25-10)9-17(28)23-14-6-5-12(27(29)30)7-16(14)31-2/h5-8,11,19H,3-4,9H2,1-2H3,(H,23,28). The molecule has 1 aromatic carbocycles. The topological polar surface area (TPSA) is 112 Å². The van der Waals surface area contributed by atoms with Crippen molar-refractivity contribution in [1.82, 2.24) is 14.8 Å². The van der Waals surface area contributed by atoms with Crippen molar-refractivity contribution in [3.8, 4) is 5.75 Å². The second-order valence-electron chi connectivity index (χ2n) is 7.34. The number of nitrogens with zero attached hydrogens (tertiary/aromatic N) is 4. The Morgan fingerprint density at radius 3 is 2.74 bits per heavy atom. The first-order valence-electron chi connectivity index (χ1n) is 9.57. The fourth-order valence-electron chi connectivity index (χ4n) is 3.50. The number of methoxy groups -OCH3 is 1. The first kappa shape index (κ1) is 20.6. The molecule has 0 bridgehead atoms. The fourth-order valence-corrected chi connectivity index (χ4v) is 3.50. The highest BCUT2D eigenvalue weighted by Gasteiger charge is 2.29. The Morgan fingerprint density at radius 2 is 2.13 bits per heavy atom. The number of pyridine rings is 1. The Balaban J connectivity index is 1.64. The molecule has 3 aromatic rings. The molecule has 0 spiro atoms. The van der Waals surface area contributed by atoms with E-state index in [4.69, 9.17) is 4.74 Å². The van der Waals surface area contributed by atoms with E-state index in [2.05, 4.69) is 15.4 Å². The molecule has 0 unspecified atom stereocenters. The molecular weight excluding hydrogens is 412 g/mol. The third-order valence-corrected chi connectivity index (χ3v) is 5.12. The summed E-state index contributed by atoms with van der Waals surface area (Å²) in [5.74, 6) is -0.226. The zero-order chi connectivity index (χ0) is 22.3. The molecule has 1 aliphatic carbocycles. The van der Waals surface area contributed by atoms with Crippen LogP contribution in [-0.4, -0.2) is 32.7 Å². The van der Waals surface area contributed by atoms with Gasteiger partial charge in [0.15, 0.2) is 5.65 Å². The lowest BCUT2D eigenvalue weighted by molar-refractivity contribution is -0.384. The van der Waals surface area contributed by atoms with Crippen molar-refractivity contribution in [1.29, 1.82) is 0 Å². The van der Waals surface area contributed by atoms with Crippen LogP contribution in [0.3, 0.4) is 0 Å². The summed E-state index contributed by atoms with van der Waals surface area (Å²) in [6.07, 6.45) is -0.888. The number of carbonyl (C=O) groups is 1. The third kappa shape index (κ3) is 4.03. The van der Waals surface area contributed by atoms with Crippen LogP contribution in [0.15, 0.2) is 24.3 Å². The summed E-state index contributed by atoms with van der Waals surface area (Å²) < 4.78 is 33.8. The molecule has 2 heterocycles. The van der Waals surface area contributed by atoms with Crippen molar-refractivity contribution in [2.75, 3.05) is 12.4 Å². The number of carbonyl (C=O) groups excluding carboxylic acids is 1. The number of halogens is 2. The van der Waals surface area contributed by atoms with Crippen molar-refractivity contribution in [2.45, 2.75) is 38.7 Å². The van der Waals surface area contributed by atoms with E-state index < -0.39 is 17.3 Å². The molecule has 1 saturated carbocycles. The van der Waals surface area contributed by atoms with Gasteiger partial charge in [0.1, 0.15) is 12.3 Å². The number of ether oxygens (including phenoxy) is 1. The quantitative estimate of drug-likeness (QED) is 0.445. The van der Waals surface area contributed by atoms with Gasteiger partial charge in [-0.1, -0.05) is 0 Å². The minimum absolute atomic E-state index is 0.123. The van der Waals surface area contributed by atoms with Crippen LogP contribution in [0.5, 0.6) is 5.75 Å². The number of fused-ring (bicyclic) bond motifs is 1. The second-order valence-corrected chi connectivity index (χ2v) is 7.34. The number of amides is 1. The van der Waals surface area contributed by atoms with Gasteiger partial charge in [-0.2, -0.15) is 5.10 Å². The number of nitro benzene ring substituents is 1. The number of aromatic nitrogens is 3. The van der Waals surface area contributed by atoms with Crippen LogP contribution in [0.1, 0.15) is 42.1 Å². The van der Waals surface area contributed by atoms with Gasteiger partial charge in [0.2, 0.25) is 5.91 Å². The molecule has 1 amide bonds. The predicted molar refractivity (Wildman–Crippen MR) is 107 cm³/mol. The minimum atomic E-state index is -2.68. The van der Waals surface area contributed by atoms with Crippen LogP contribution in [0.4, 0.5) is 20.2 Å². The summed E-state index contributed by atoms with van der Waals surface area (Å²) in [5.41, 5.74) is 1.12. The van der Waals surface area contributed by atoms with Crippen LogP contribution in [-0.2, 0) is 11.3 Å². The molecule has 11 heteroatoms. The van der Waals surface area contributed by atoms with Gasteiger partial charge in [0.25, 0.3) is 12.1 Å². The van der Waals surface area contributed by atoms with Gasteiger partial charge < -0.3 is 10.1 Å². The summed E-state index contributed by atoms with van der Waals surface area (Å²) in [7, 11) is 1.33. The lowest BCUT2D eigenvalue weighted by atomic mass is 10.1. The van der Waals surface area contributed by atoms with E-state index in [0.29, 0.717) is 11.4 Å². The first-order valence-corrected chi connectivity index (χ1v) is 9.57. The molecule has 0 saturated heterocycles. The lowest BCUT2D eigenvalue weighted by Gasteiger charge is -2.11. The molecule has 0 aliphatic heterocycles. The highest BCUT2D eigenvalue weighted by molar-refractivity contribution is 5.93. The van der Waals surface area contributed by atoms with Crippen LogP contribution in [0, 0.1) is 17.0 Å². The smallest absolute Gasteiger partial charge is 0.273 e. The van der Waals surface area contributed by atoms with E-state index >= 15 is 0 Å². The zero-order valence-electron chi connectivity index (χ0n) is 16.8. The summed E-state index contributed by atoms with van der Waals surface area (Å²) >= 11 is 0. The van der Waals surface area contributed by atoms with Crippen molar-refractivity contribution in [3.63, 3.8) is 0 Å². The third-order valence-electron chi connectivity index (χ3n) is 5.12. The fraction of sp³-hybridized carbons (Fsp3) is 0.350. The van der Waals surface area contributed by atoms with E-state index in [0.717, 1.165) is 12.8 Å². The Bertz CT molecular complexity index is 1190. The molecule has 31 heavy (non-hydrogen) atoms. The Morgan fingerprint density at radius 1 is 1.39 bits per heavy atom. The summed E-state index contributed by atoms with van der Waals surface area (Å²) in [6, 6.07) is 5.23. The highest BCUT2D eigenvalue weighted by atomic mass is 19.3. The maximum Gasteiger partial charge on any atom is 0.273 e. The normalized spacial score (nSPS) is 13.6. The van der Waals surface area contributed by atoms with Gasteiger partial charge in [-0.25, -0.2) is 18.4 Å². The van der Waals surface area contributed by atoms with Crippen molar-refractivity contribution in [3.05, 3.63) is 51.3 Å². The number of nitro groups is 1. The molecular formula is C20H19F2N5O4. The summed E-state index contributed by atoms with van der Waals surface area (Å²) in [4.78, 5) is 27.5. The molecule has 9 nitrogen and oxygen atoms in total. The average molecular weight is 431 g/mol. The minimum Gasteiger partial charge on any atom is -0.494 e.